The molecule has 0 unspecified atom stereocenters. The molecule has 0 aliphatic carbocycles. The van der Waals surface area contributed by atoms with Crippen LogP contribution in [0.3, 0.4) is 0 Å². The molecule has 7 heteroatoms. The number of hydrogen-bond donors (Lipinski definition) is 0. The zero-order chi connectivity index (χ0) is 14.7. The standard InChI is InChI=1S/C13H8ClNO5/c14-11-7-9(15(18)19)3-6-12(11)20-10-4-1-8(2-5-10)13(16)17/h1-7H,(H,16,17)/p-1. The average molecular weight is 293 g/mol. The van der Waals surface area contributed by atoms with E-state index in [1.165, 1.54) is 42.5 Å². The highest BCUT2D eigenvalue weighted by molar-refractivity contribution is 6.32. The van der Waals surface area contributed by atoms with Crippen molar-refractivity contribution in [3.05, 3.63) is 63.2 Å². The Morgan fingerprint density at radius 2 is 1.80 bits per heavy atom. The Bertz CT molecular complexity index is 669. The summed E-state index contributed by atoms with van der Waals surface area (Å²) >= 11 is 5.87. The largest absolute Gasteiger partial charge is 0.545 e. The number of halogens is 1. The van der Waals surface area contributed by atoms with E-state index in [4.69, 9.17) is 16.3 Å². The molecule has 0 atom stereocenters. The number of carbonyl (C=O) groups is 1. The van der Waals surface area contributed by atoms with Crippen LogP contribution in [-0.2, 0) is 0 Å². The molecule has 0 aliphatic rings. The van der Waals surface area contributed by atoms with Crippen molar-refractivity contribution in [1.29, 1.82) is 0 Å². The Hall–Kier alpha value is -2.60. The van der Waals surface area contributed by atoms with Crippen molar-refractivity contribution in [1.82, 2.24) is 0 Å². The van der Waals surface area contributed by atoms with Crippen LogP contribution in [0.4, 0.5) is 5.69 Å². The van der Waals surface area contributed by atoms with Gasteiger partial charge in [0, 0.05) is 12.1 Å². The van der Waals surface area contributed by atoms with Gasteiger partial charge in [0.15, 0.2) is 0 Å². The molecule has 0 saturated heterocycles. The van der Waals surface area contributed by atoms with E-state index in [1.54, 1.807) is 0 Å². The highest BCUT2D eigenvalue weighted by atomic mass is 35.5. The minimum Gasteiger partial charge on any atom is -0.545 e. The lowest BCUT2D eigenvalue weighted by Gasteiger charge is -2.08. The summed E-state index contributed by atoms with van der Waals surface area (Å²) in [5.74, 6) is -0.700. The van der Waals surface area contributed by atoms with Crippen molar-refractivity contribution >= 4 is 23.3 Å². The van der Waals surface area contributed by atoms with Crippen LogP contribution in [0.2, 0.25) is 5.02 Å². The number of hydrogen-bond acceptors (Lipinski definition) is 5. The SMILES string of the molecule is O=C([O-])c1ccc(Oc2ccc([N+](=O)[O-])cc2Cl)cc1. The van der Waals surface area contributed by atoms with Crippen molar-refractivity contribution < 1.29 is 19.6 Å². The number of carbonyl (C=O) groups excluding carboxylic acids is 1. The van der Waals surface area contributed by atoms with E-state index in [0.29, 0.717) is 5.75 Å². The second-order valence-electron chi connectivity index (χ2n) is 3.79. The first kappa shape index (κ1) is 13.8. The highest BCUT2D eigenvalue weighted by Crippen LogP contribution is 2.32. The van der Waals surface area contributed by atoms with Gasteiger partial charge in [-0.2, -0.15) is 0 Å². The highest BCUT2D eigenvalue weighted by Gasteiger charge is 2.10. The Labute approximate surface area is 118 Å². The van der Waals surface area contributed by atoms with E-state index in [1.807, 2.05) is 0 Å². The molecule has 102 valence electrons. The summed E-state index contributed by atoms with van der Waals surface area (Å²) in [5, 5.41) is 21.2. The summed E-state index contributed by atoms with van der Waals surface area (Å²) in [6.45, 7) is 0. The zero-order valence-corrected chi connectivity index (χ0v) is 10.7. The molecule has 0 N–H and O–H groups in total. The predicted molar refractivity (Wildman–Crippen MR) is 69.0 cm³/mol. The van der Waals surface area contributed by atoms with E-state index in [2.05, 4.69) is 0 Å². The number of nitro benzene ring substituents is 1. The fourth-order valence-corrected chi connectivity index (χ4v) is 1.69. The van der Waals surface area contributed by atoms with Gasteiger partial charge in [-0.1, -0.05) is 11.6 Å². The third-order valence-electron chi connectivity index (χ3n) is 2.44. The molecular weight excluding hydrogens is 286 g/mol. The molecule has 2 aromatic carbocycles. The number of carboxylic acids is 1. The van der Waals surface area contributed by atoms with Crippen molar-refractivity contribution in [2.24, 2.45) is 0 Å². The lowest BCUT2D eigenvalue weighted by atomic mass is 10.2. The maximum atomic E-state index is 10.6. The number of non-ortho nitro benzene ring substituents is 1. The van der Waals surface area contributed by atoms with Crippen LogP contribution in [-0.4, -0.2) is 10.9 Å². The van der Waals surface area contributed by atoms with E-state index in [0.717, 1.165) is 0 Å². The summed E-state index contributed by atoms with van der Waals surface area (Å²) in [6.07, 6.45) is 0. The van der Waals surface area contributed by atoms with E-state index in [-0.39, 0.29) is 22.0 Å². The molecule has 20 heavy (non-hydrogen) atoms. The van der Waals surface area contributed by atoms with Crippen molar-refractivity contribution in [3.8, 4) is 11.5 Å². The third kappa shape index (κ3) is 3.04. The molecule has 2 rings (SSSR count). The van der Waals surface area contributed by atoms with Gasteiger partial charge in [0.2, 0.25) is 0 Å². The minimum atomic E-state index is -1.29. The quantitative estimate of drug-likeness (QED) is 0.637. The van der Waals surface area contributed by atoms with E-state index in [9.17, 15) is 20.0 Å². The van der Waals surface area contributed by atoms with Gasteiger partial charge in [-0.3, -0.25) is 10.1 Å². The molecule has 0 fully saturated rings. The van der Waals surface area contributed by atoms with Gasteiger partial charge in [-0.25, -0.2) is 0 Å². The van der Waals surface area contributed by atoms with Crippen molar-refractivity contribution in [2.75, 3.05) is 0 Å². The Kier molecular flexibility index (Phi) is 3.86. The second kappa shape index (κ2) is 5.58. The molecule has 0 aromatic heterocycles. The molecule has 2 aromatic rings. The first-order valence-corrected chi connectivity index (χ1v) is 5.78. The smallest absolute Gasteiger partial charge is 0.271 e. The normalized spacial score (nSPS) is 10.1. The molecule has 0 radical (unpaired) electrons. The number of nitro groups is 1. The van der Waals surface area contributed by atoms with Crippen LogP contribution >= 0.6 is 11.6 Å². The molecule has 0 spiro atoms. The third-order valence-corrected chi connectivity index (χ3v) is 2.74. The van der Waals surface area contributed by atoms with Crippen LogP contribution in [0, 0.1) is 10.1 Å². The molecule has 0 saturated carbocycles. The van der Waals surface area contributed by atoms with Gasteiger partial charge in [0.1, 0.15) is 11.5 Å². The Morgan fingerprint density at radius 3 is 2.30 bits per heavy atom. The molecular formula is C13H7ClNO5-. The van der Waals surface area contributed by atoms with Crippen LogP contribution < -0.4 is 9.84 Å². The lowest BCUT2D eigenvalue weighted by Crippen LogP contribution is -2.21. The summed E-state index contributed by atoms with van der Waals surface area (Å²) in [5.41, 5.74) is -0.123. The zero-order valence-electron chi connectivity index (χ0n) is 9.91. The number of carboxylic acid groups (broad SMARTS) is 1. The fourth-order valence-electron chi connectivity index (χ4n) is 1.47. The Balaban J connectivity index is 2.21. The van der Waals surface area contributed by atoms with Crippen LogP contribution in [0.5, 0.6) is 11.5 Å². The second-order valence-corrected chi connectivity index (χ2v) is 4.19. The number of ether oxygens (including phenoxy) is 1. The van der Waals surface area contributed by atoms with Gasteiger partial charge in [0.05, 0.1) is 15.9 Å². The van der Waals surface area contributed by atoms with Gasteiger partial charge in [-0.05, 0) is 35.9 Å². The van der Waals surface area contributed by atoms with Gasteiger partial charge >= 0.3 is 0 Å². The monoisotopic (exact) mass is 292 g/mol. The number of aromatic carboxylic acids is 1. The van der Waals surface area contributed by atoms with Crippen LogP contribution in [0.15, 0.2) is 42.5 Å². The van der Waals surface area contributed by atoms with Crippen molar-refractivity contribution in [3.63, 3.8) is 0 Å². The van der Waals surface area contributed by atoms with Gasteiger partial charge < -0.3 is 14.6 Å². The number of nitrogens with zero attached hydrogens (tertiary/aromatic N) is 1. The molecule has 0 amide bonds. The predicted octanol–water partition coefficient (Wildman–Crippen LogP) is 2.40. The summed E-state index contributed by atoms with van der Waals surface area (Å²) in [7, 11) is 0. The van der Waals surface area contributed by atoms with Gasteiger partial charge in [-0.15, -0.1) is 0 Å². The molecule has 6 nitrogen and oxygen atoms in total. The Morgan fingerprint density at radius 1 is 1.15 bits per heavy atom. The van der Waals surface area contributed by atoms with Crippen LogP contribution in [0.1, 0.15) is 10.4 Å². The first-order valence-electron chi connectivity index (χ1n) is 5.40. The fraction of sp³-hybridized carbons (Fsp3) is 0. The summed E-state index contributed by atoms with van der Waals surface area (Å²) in [4.78, 5) is 20.6. The van der Waals surface area contributed by atoms with E-state index >= 15 is 0 Å². The first-order chi connectivity index (χ1) is 9.47. The topological polar surface area (TPSA) is 92.5 Å². The summed E-state index contributed by atoms with van der Waals surface area (Å²) in [6, 6.07) is 9.32. The number of benzene rings is 2. The maximum Gasteiger partial charge on any atom is 0.271 e. The maximum absolute atomic E-state index is 10.6. The summed E-state index contributed by atoms with van der Waals surface area (Å²) < 4.78 is 5.41. The lowest BCUT2D eigenvalue weighted by molar-refractivity contribution is -0.384. The number of rotatable bonds is 4. The van der Waals surface area contributed by atoms with Crippen molar-refractivity contribution in [2.45, 2.75) is 0 Å². The molecule has 0 aliphatic heterocycles. The average Bonchev–Trinajstić information content (AvgIpc) is 2.41. The van der Waals surface area contributed by atoms with E-state index < -0.39 is 10.9 Å². The van der Waals surface area contributed by atoms with Gasteiger partial charge in [0.25, 0.3) is 5.69 Å². The van der Waals surface area contributed by atoms with Crippen LogP contribution in [0.25, 0.3) is 0 Å². The minimum absolute atomic E-state index is 0.0205. The molecule has 0 bridgehead atoms. The molecule has 0 heterocycles.